The van der Waals surface area contributed by atoms with Crippen LogP contribution in [0, 0.1) is 10.1 Å². The standard InChI is InChI=1S/C13H22N4O2/c1-4-5-10(2)16(3)9-11-8-12(17(18)19)6-7-13(11)15-14/h6-8,10,15H,4-5,9,14H2,1-3H3. The van der Waals surface area contributed by atoms with Gasteiger partial charge in [-0.1, -0.05) is 13.3 Å². The second-order valence-corrected chi connectivity index (χ2v) is 4.80. The summed E-state index contributed by atoms with van der Waals surface area (Å²) in [6.45, 7) is 4.92. The molecule has 0 heterocycles. The van der Waals surface area contributed by atoms with Crippen LogP contribution in [0.5, 0.6) is 0 Å². The van der Waals surface area contributed by atoms with Gasteiger partial charge in [0.05, 0.1) is 10.6 Å². The molecule has 0 radical (unpaired) electrons. The molecule has 1 atom stereocenters. The quantitative estimate of drug-likeness (QED) is 0.450. The smallest absolute Gasteiger partial charge is 0.269 e. The molecule has 3 N–H and O–H groups in total. The molecule has 0 aromatic heterocycles. The van der Waals surface area contributed by atoms with Gasteiger partial charge in [-0.3, -0.25) is 20.9 Å². The van der Waals surface area contributed by atoms with Gasteiger partial charge in [0.15, 0.2) is 0 Å². The van der Waals surface area contributed by atoms with Crippen molar-refractivity contribution in [2.75, 3.05) is 12.5 Å². The average Bonchev–Trinajstić information content (AvgIpc) is 2.38. The number of anilines is 1. The van der Waals surface area contributed by atoms with E-state index in [4.69, 9.17) is 5.84 Å². The Hall–Kier alpha value is -1.66. The Bertz CT molecular complexity index is 437. The summed E-state index contributed by atoms with van der Waals surface area (Å²) < 4.78 is 0. The molecule has 0 amide bonds. The predicted molar refractivity (Wildman–Crippen MR) is 76.7 cm³/mol. The van der Waals surface area contributed by atoms with E-state index in [0.29, 0.717) is 12.6 Å². The first-order valence-electron chi connectivity index (χ1n) is 6.43. The summed E-state index contributed by atoms with van der Waals surface area (Å²) in [5, 5.41) is 10.8. The normalized spacial score (nSPS) is 12.5. The Morgan fingerprint density at radius 3 is 2.74 bits per heavy atom. The highest BCUT2D eigenvalue weighted by atomic mass is 16.6. The molecule has 19 heavy (non-hydrogen) atoms. The van der Waals surface area contributed by atoms with Crippen molar-refractivity contribution < 1.29 is 4.92 Å². The summed E-state index contributed by atoms with van der Waals surface area (Å²) in [5.74, 6) is 5.45. The van der Waals surface area contributed by atoms with Crippen LogP contribution in [0.15, 0.2) is 18.2 Å². The minimum atomic E-state index is -0.390. The fraction of sp³-hybridized carbons (Fsp3) is 0.538. The molecule has 0 saturated heterocycles. The summed E-state index contributed by atoms with van der Waals surface area (Å²) >= 11 is 0. The van der Waals surface area contributed by atoms with Crippen molar-refractivity contribution >= 4 is 11.4 Å². The molecule has 106 valence electrons. The molecule has 1 rings (SSSR count). The maximum absolute atomic E-state index is 10.8. The van der Waals surface area contributed by atoms with Gasteiger partial charge in [0.1, 0.15) is 0 Å². The van der Waals surface area contributed by atoms with Crippen molar-refractivity contribution in [2.24, 2.45) is 5.84 Å². The van der Waals surface area contributed by atoms with Gasteiger partial charge in [0.25, 0.3) is 5.69 Å². The molecule has 6 nitrogen and oxygen atoms in total. The summed E-state index contributed by atoms with van der Waals surface area (Å²) in [7, 11) is 2.01. The zero-order valence-electron chi connectivity index (χ0n) is 11.7. The number of hydrogen-bond acceptors (Lipinski definition) is 5. The number of rotatable bonds is 7. The van der Waals surface area contributed by atoms with E-state index in [1.54, 1.807) is 12.1 Å². The molecular formula is C13H22N4O2. The topological polar surface area (TPSA) is 84.4 Å². The zero-order chi connectivity index (χ0) is 14.4. The first kappa shape index (κ1) is 15.4. The highest BCUT2D eigenvalue weighted by molar-refractivity contribution is 5.55. The first-order valence-corrected chi connectivity index (χ1v) is 6.43. The first-order chi connectivity index (χ1) is 8.99. The monoisotopic (exact) mass is 266 g/mol. The lowest BCUT2D eigenvalue weighted by Gasteiger charge is -2.25. The van der Waals surface area contributed by atoms with Crippen LogP contribution in [0.3, 0.4) is 0 Å². The summed E-state index contributed by atoms with van der Waals surface area (Å²) in [4.78, 5) is 12.6. The zero-order valence-corrected chi connectivity index (χ0v) is 11.7. The maximum Gasteiger partial charge on any atom is 0.269 e. The number of benzene rings is 1. The van der Waals surface area contributed by atoms with Crippen LogP contribution >= 0.6 is 0 Å². The van der Waals surface area contributed by atoms with Crippen LogP contribution in [-0.4, -0.2) is 22.9 Å². The van der Waals surface area contributed by atoms with Gasteiger partial charge < -0.3 is 5.43 Å². The second-order valence-electron chi connectivity index (χ2n) is 4.80. The fourth-order valence-corrected chi connectivity index (χ4v) is 2.03. The van der Waals surface area contributed by atoms with Crippen LogP contribution < -0.4 is 11.3 Å². The molecule has 0 aliphatic heterocycles. The van der Waals surface area contributed by atoms with Crippen molar-refractivity contribution in [1.29, 1.82) is 0 Å². The van der Waals surface area contributed by atoms with Crippen molar-refractivity contribution in [2.45, 2.75) is 39.3 Å². The summed E-state index contributed by atoms with van der Waals surface area (Å²) in [5.41, 5.74) is 4.24. The van der Waals surface area contributed by atoms with Crippen molar-refractivity contribution in [3.63, 3.8) is 0 Å². The number of nitro benzene ring substituents is 1. The van der Waals surface area contributed by atoms with E-state index >= 15 is 0 Å². The molecule has 6 heteroatoms. The third-order valence-corrected chi connectivity index (χ3v) is 3.33. The lowest BCUT2D eigenvalue weighted by molar-refractivity contribution is -0.384. The van der Waals surface area contributed by atoms with Gasteiger partial charge in [0, 0.05) is 24.7 Å². The molecule has 0 fully saturated rings. The molecule has 0 aliphatic rings. The van der Waals surface area contributed by atoms with Crippen molar-refractivity contribution in [3.8, 4) is 0 Å². The SMILES string of the molecule is CCCC(C)N(C)Cc1cc([N+](=O)[O-])ccc1NN. The fourth-order valence-electron chi connectivity index (χ4n) is 2.03. The van der Waals surface area contributed by atoms with E-state index in [-0.39, 0.29) is 10.6 Å². The number of nitrogens with one attached hydrogen (secondary N) is 1. The molecule has 1 aromatic rings. The maximum atomic E-state index is 10.8. The number of nitrogens with two attached hydrogens (primary N) is 1. The van der Waals surface area contributed by atoms with Crippen molar-refractivity contribution in [1.82, 2.24) is 4.90 Å². The Kier molecular flexibility index (Phi) is 5.72. The molecule has 0 saturated carbocycles. The largest absolute Gasteiger partial charge is 0.324 e. The third-order valence-electron chi connectivity index (χ3n) is 3.33. The number of nitro groups is 1. The van der Waals surface area contributed by atoms with Crippen LogP contribution in [0.2, 0.25) is 0 Å². The Morgan fingerprint density at radius 1 is 1.53 bits per heavy atom. The van der Waals surface area contributed by atoms with Crippen LogP contribution in [0.4, 0.5) is 11.4 Å². The van der Waals surface area contributed by atoms with Gasteiger partial charge >= 0.3 is 0 Å². The molecule has 1 aromatic carbocycles. The number of non-ortho nitro benzene ring substituents is 1. The lowest BCUT2D eigenvalue weighted by Crippen LogP contribution is -2.29. The second kappa shape index (κ2) is 7.06. The van der Waals surface area contributed by atoms with Crippen LogP contribution in [0.25, 0.3) is 0 Å². The van der Waals surface area contributed by atoms with Gasteiger partial charge in [-0.2, -0.15) is 0 Å². The third kappa shape index (κ3) is 4.18. The number of hydrogen-bond donors (Lipinski definition) is 2. The van der Waals surface area contributed by atoms with E-state index < -0.39 is 0 Å². The van der Waals surface area contributed by atoms with Gasteiger partial charge in [-0.25, -0.2) is 0 Å². The van der Waals surface area contributed by atoms with Gasteiger partial charge in [-0.15, -0.1) is 0 Å². The minimum Gasteiger partial charge on any atom is -0.324 e. The van der Waals surface area contributed by atoms with Crippen molar-refractivity contribution in [3.05, 3.63) is 33.9 Å². The van der Waals surface area contributed by atoms with E-state index in [0.717, 1.165) is 24.1 Å². The molecule has 0 aliphatic carbocycles. The molecule has 0 spiro atoms. The summed E-state index contributed by atoms with van der Waals surface area (Å²) in [6.07, 6.45) is 2.21. The minimum absolute atomic E-state index is 0.0885. The van der Waals surface area contributed by atoms with E-state index in [1.165, 1.54) is 6.07 Å². The van der Waals surface area contributed by atoms with Gasteiger partial charge in [0.2, 0.25) is 0 Å². The Labute approximate surface area is 113 Å². The number of nitrogens with zero attached hydrogens (tertiary/aromatic N) is 2. The lowest BCUT2D eigenvalue weighted by atomic mass is 10.1. The predicted octanol–water partition coefficient (Wildman–Crippen LogP) is 2.50. The van der Waals surface area contributed by atoms with E-state index in [2.05, 4.69) is 24.2 Å². The number of nitrogen functional groups attached to an aromatic ring is 1. The molecule has 0 bridgehead atoms. The number of hydrazine groups is 1. The Morgan fingerprint density at radius 2 is 2.21 bits per heavy atom. The average molecular weight is 266 g/mol. The highest BCUT2D eigenvalue weighted by Gasteiger charge is 2.14. The summed E-state index contributed by atoms with van der Waals surface area (Å²) in [6, 6.07) is 5.10. The van der Waals surface area contributed by atoms with Crippen LogP contribution in [0.1, 0.15) is 32.3 Å². The van der Waals surface area contributed by atoms with E-state index in [9.17, 15) is 10.1 Å². The molecular weight excluding hydrogens is 244 g/mol. The van der Waals surface area contributed by atoms with Crippen LogP contribution in [-0.2, 0) is 6.54 Å². The Balaban J connectivity index is 2.91. The van der Waals surface area contributed by atoms with E-state index in [1.807, 2.05) is 7.05 Å². The highest BCUT2D eigenvalue weighted by Crippen LogP contribution is 2.23. The van der Waals surface area contributed by atoms with Gasteiger partial charge in [-0.05, 0) is 32.0 Å². The molecule has 1 unspecified atom stereocenters.